The number of carbonyl (C=O) groups excluding carboxylic acids is 1. The lowest BCUT2D eigenvalue weighted by Crippen LogP contribution is -2.24. The van der Waals surface area contributed by atoms with Gasteiger partial charge in [-0.05, 0) is 36.6 Å². The molecule has 0 saturated heterocycles. The average Bonchev–Trinajstić information content (AvgIpc) is 2.48. The summed E-state index contributed by atoms with van der Waals surface area (Å²) in [5, 5.41) is 14.2. The van der Waals surface area contributed by atoms with Crippen molar-refractivity contribution in [3.8, 4) is 0 Å². The van der Waals surface area contributed by atoms with Gasteiger partial charge in [0, 0.05) is 29.7 Å². The van der Waals surface area contributed by atoms with Crippen molar-refractivity contribution < 1.29 is 9.72 Å². The number of nitro benzene ring substituents is 1. The molecule has 1 aliphatic rings. The lowest BCUT2D eigenvalue weighted by Gasteiger charge is -2.27. The number of rotatable bonds is 2. The summed E-state index contributed by atoms with van der Waals surface area (Å²) >= 11 is 0. The number of hydrogen-bond acceptors (Lipinski definition) is 3. The van der Waals surface area contributed by atoms with Crippen molar-refractivity contribution >= 4 is 17.3 Å². The molecule has 1 atom stereocenters. The highest BCUT2D eigenvalue weighted by Gasteiger charge is 2.31. The van der Waals surface area contributed by atoms with Gasteiger partial charge in [0.25, 0.3) is 5.69 Å². The Morgan fingerprint density at radius 1 is 1.14 bits per heavy atom. The van der Waals surface area contributed by atoms with Crippen molar-refractivity contribution in [3.63, 3.8) is 0 Å². The van der Waals surface area contributed by atoms with Crippen LogP contribution in [0.5, 0.6) is 0 Å². The number of benzene rings is 2. The minimum absolute atomic E-state index is 0.0615. The molecule has 22 heavy (non-hydrogen) atoms. The molecule has 5 heteroatoms. The summed E-state index contributed by atoms with van der Waals surface area (Å²) < 4.78 is 0. The quantitative estimate of drug-likeness (QED) is 0.678. The first-order valence-corrected chi connectivity index (χ1v) is 7.11. The number of fused-ring (bicyclic) bond motifs is 1. The molecule has 1 N–H and O–H groups in total. The zero-order valence-corrected chi connectivity index (χ0v) is 12.4. The van der Waals surface area contributed by atoms with Crippen LogP contribution in [0.3, 0.4) is 0 Å². The molecule has 0 bridgehead atoms. The third kappa shape index (κ3) is 2.35. The molecule has 2 aromatic rings. The molecule has 0 spiro atoms. The molecule has 0 saturated carbocycles. The van der Waals surface area contributed by atoms with Gasteiger partial charge in [-0.2, -0.15) is 0 Å². The maximum atomic E-state index is 12.0. The number of hydrogen-bond donors (Lipinski definition) is 1. The first-order valence-electron chi connectivity index (χ1n) is 7.11. The van der Waals surface area contributed by atoms with Crippen molar-refractivity contribution in [2.45, 2.75) is 26.2 Å². The third-order valence-electron chi connectivity index (χ3n) is 4.21. The van der Waals surface area contributed by atoms with Crippen molar-refractivity contribution in [2.75, 3.05) is 5.32 Å². The van der Waals surface area contributed by atoms with Crippen LogP contribution in [0.4, 0.5) is 11.4 Å². The van der Waals surface area contributed by atoms with Gasteiger partial charge >= 0.3 is 0 Å². The van der Waals surface area contributed by atoms with Crippen LogP contribution in [-0.2, 0) is 4.79 Å². The van der Waals surface area contributed by atoms with Gasteiger partial charge in [0.05, 0.1) is 4.92 Å². The van der Waals surface area contributed by atoms with E-state index in [1.165, 1.54) is 6.07 Å². The summed E-state index contributed by atoms with van der Waals surface area (Å²) in [5.41, 5.74) is 4.54. The summed E-state index contributed by atoms with van der Waals surface area (Å²) in [6.07, 6.45) is 0.223. The zero-order chi connectivity index (χ0) is 15.9. The Kier molecular flexibility index (Phi) is 3.41. The van der Waals surface area contributed by atoms with E-state index in [0.717, 1.165) is 22.4 Å². The number of nitrogens with zero attached hydrogens (tertiary/aromatic N) is 1. The number of para-hydroxylation sites is 1. The maximum absolute atomic E-state index is 12.0. The summed E-state index contributed by atoms with van der Waals surface area (Å²) in [6.45, 7) is 3.98. The van der Waals surface area contributed by atoms with E-state index in [2.05, 4.69) is 5.32 Å². The van der Waals surface area contributed by atoms with Gasteiger partial charge in [0.1, 0.15) is 0 Å². The van der Waals surface area contributed by atoms with E-state index in [9.17, 15) is 14.9 Å². The van der Waals surface area contributed by atoms with E-state index < -0.39 is 0 Å². The van der Waals surface area contributed by atoms with Crippen LogP contribution in [0.2, 0.25) is 0 Å². The Hall–Kier alpha value is -2.69. The van der Waals surface area contributed by atoms with Gasteiger partial charge in [-0.25, -0.2) is 0 Å². The van der Waals surface area contributed by atoms with Gasteiger partial charge in [0.2, 0.25) is 5.91 Å². The van der Waals surface area contributed by atoms with E-state index in [0.29, 0.717) is 5.56 Å². The van der Waals surface area contributed by atoms with Crippen LogP contribution in [-0.4, -0.2) is 10.8 Å². The second-order valence-corrected chi connectivity index (χ2v) is 5.64. The topological polar surface area (TPSA) is 72.2 Å². The average molecular weight is 296 g/mol. The summed E-state index contributed by atoms with van der Waals surface area (Å²) in [6, 6.07) is 10.6. The molecule has 1 unspecified atom stereocenters. The number of amides is 1. The van der Waals surface area contributed by atoms with Crippen molar-refractivity contribution in [1.29, 1.82) is 0 Å². The maximum Gasteiger partial charge on any atom is 0.273 e. The monoisotopic (exact) mass is 296 g/mol. The van der Waals surface area contributed by atoms with Gasteiger partial charge in [-0.1, -0.05) is 24.3 Å². The zero-order valence-electron chi connectivity index (χ0n) is 12.4. The number of nitrogens with one attached hydrogen (secondary N) is 1. The van der Waals surface area contributed by atoms with E-state index in [1.54, 1.807) is 18.2 Å². The number of aryl methyl sites for hydroxylation is 2. The molecular weight excluding hydrogens is 280 g/mol. The highest BCUT2D eigenvalue weighted by atomic mass is 16.6. The number of anilines is 1. The van der Waals surface area contributed by atoms with Gasteiger partial charge in [-0.3, -0.25) is 14.9 Å². The van der Waals surface area contributed by atoms with Gasteiger partial charge in [0.15, 0.2) is 0 Å². The van der Waals surface area contributed by atoms with E-state index in [4.69, 9.17) is 0 Å². The summed E-state index contributed by atoms with van der Waals surface area (Å²) in [7, 11) is 0. The van der Waals surface area contributed by atoms with E-state index in [-0.39, 0.29) is 28.9 Å². The van der Waals surface area contributed by atoms with Crippen molar-refractivity contribution in [2.24, 2.45) is 0 Å². The van der Waals surface area contributed by atoms with Crippen LogP contribution in [0.1, 0.15) is 34.6 Å². The summed E-state index contributed by atoms with van der Waals surface area (Å²) in [4.78, 5) is 22.9. The standard InChI is InChI=1S/C17H16N2O3/c1-10-7-14-13(9-17(20)18-15(14)8-11(10)2)12-5-3-4-6-16(12)19(21)22/h3-8,13H,9H2,1-2H3,(H,18,20). The minimum Gasteiger partial charge on any atom is -0.326 e. The van der Waals surface area contributed by atoms with Crippen LogP contribution < -0.4 is 5.32 Å². The Bertz CT molecular complexity index is 783. The lowest BCUT2D eigenvalue weighted by atomic mass is 9.82. The molecule has 5 nitrogen and oxygen atoms in total. The normalized spacial score (nSPS) is 16.8. The highest BCUT2D eigenvalue weighted by Crippen LogP contribution is 2.41. The van der Waals surface area contributed by atoms with Gasteiger partial charge < -0.3 is 5.32 Å². The van der Waals surface area contributed by atoms with Crippen molar-refractivity contribution in [1.82, 2.24) is 0 Å². The van der Waals surface area contributed by atoms with Crippen LogP contribution >= 0.6 is 0 Å². The number of nitro groups is 1. The SMILES string of the molecule is Cc1cc2c(cc1C)C(c1ccccc1[N+](=O)[O-])CC(=O)N2. The Labute approximate surface area is 128 Å². The Balaban J connectivity index is 2.20. The smallest absolute Gasteiger partial charge is 0.273 e. The van der Waals surface area contributed by atoms with Crippen LogP contribution in [0.25, 0.3) is 0 Å². The molecule has 3 rings (SSSR count). The highest BCUT2D eigenvalue weighted by molar-refractivity contribution is 5.95. The molecule has 112 valence electrons. The molecule has 1 heterocycles. The van der Waals surface area contributed by atoms with Gasteiger partial charge in [-0.15, -0.1) is 0 Å². The fourth-order valence-electron chi connectivity index (χ4n) is 2.96. The molecule has 0 aliphatic carbocycles. The first kappa shape index (κ1) is 14.3. The molecule has 0 aromatic heterocycles. The number of carbonyl (C=O) groups is 1. The second kappa shape index (κ2) is 5.26. The Morgan fingerprint density at radius 2 is 1.82 bits per heavy atom. The summed E-state index contributed by atoms with van der Waals surface area (Å²) in [5.74, 6) is -0.399. The minimum atomic E-state index is -0.386. The van der Waals surface area contributed by atoms with Crippen LogP contribution in [0, 0.1) is 24.0 Å². The van der Waals surface area contributed by atoms with Crippen molar-refractivity contribution in [3.05, 3.63) is 68.8 Å². The third-order valence-corrected chi connectivity index (χ3v) is 4.21. The lowest BCUT2D eigenvalue weighted by molar-refractivity contribution is -0.385. The molecule has 1 aliphatic heterocycles. The van der Waals surface area contributed by atoms with E-state index in [1.807, 2.05) is 26.0 Å². The predicted octanol–water partition coefficient (Wildman–Crippen LogP) is 3.69. The van der Waals surface area contributed by atoms with Crippen LogP contribution in [0.15, 0.2) is 36.4 Å². The Morgan fingerprint density at radius 3 is 2.55 bits per heavy atom. The fraction of sp³-hybridized carbons (Fsp3) is 0.235. The first-order chi connectivity index (χ1) is 10.5. The molecular formula is C17H16N2O3. The largest absolute Gasteiger partial charge is 0.326 e. The molecule has 0 fully saturated rings. The van der Waals surface area contributed by atoms with E-state index >= 15 is 0 Å². The second-order valence-electron chi connectivity index (χ2n) is 5.64. The molecule has 2 aromatic carbocycles. The fourth-order valence-corrected chi connectivity index (χ4v) is 2.96. The predicted molar refractivity (Wildman–Crippen MR) is 84.1 cm³/mol. The molecule has 0 radical (unpaired) electrons. The molecule has 1 amide bonds.